The van der Waals surface area contributed by atoms with Gasteiger partial charge in [-0.3, -0.25) is 0 Å². The van der Waals surface area contributed by atoms with Crippen molar-refractivity contribution in [2.75, 3.05) is 26.3 Å². The number of aliphatic hydroxyl groups excluding tert-OH is 1. The highest BCUT2D eigenvalue weighted by Gasteiger charge is 2.33. The van der Waals surface area contributed by atoms with E-state index in [9.17, 15) is 23.3 Å². The summed E-state index contributed by atoms with van der Waals surface area (Å²) in [5.41, 5.74) is 2.47. The van der Waals surface area contributed by atoms with Gasteiger partial charge in [-0.1, -0.05) is 55.8 Å². The van der Waals surface area contributed by atoms with Crippen LogP contribution >= 0.6 is 0 Å². The smallest absolute Gasteiger partial charge is 0.407 e. The first-order valence-corrected chi connectivity index (χ1v) is 14.7. The highest BCUT2D eigenvalue weighted by Crippen LogP contribution is 2.23. The molecular weight excluding hydrogens is 507 g/mol. The summed E-state index contributed by atoms with van der Waals surface area (Å²) < 4.78 is 39.5. The maximum atomic E-state index is 13.7. The third kappa shape index (κ3) is 7.15. The minimum absolute atomic E-state index is 0.00101. The monoisotopic (exact) mass is 544 g/mol. The number of carbonyl (C=O) groups is 1. The number of fused-ring (bicyclic) bond motifs is 1. The van der Waals surface area contributed by atoms with Crippen LogP contribution in [0.2, 0.25) is 6.32 Å². The molecule has 3 atom stereocenters. The number of alkyl carbamates (subject to hydrolysis) is 1. The molecule has 0 unspecified atom stereocenters. The standard InChI is InChI=1S/C27H37BN2O7S/c1-19(2)16-30(38(34,35)23-8-9-24-21(15-23)10-12-28(24)33)17-26(31)25(14-20-6-4-3-5-7-20)29-27(32)37-22-11-13-36-18-22/h3-9,15,19,22,25-26,31,33H,10-14,16-18H2,1-2H3,(H,29,32)/t22-,25-,26+/m0/s1. The topological polar surface area (TPSA) is 125 Å². The van der Waals surface area contributed by atoms with Gasteiger partial charge in [-0.25, -0.2) is 13.2 Å². The van der Waals surface area contributed by atoms with E-state index in [0.717, 1.165) is 16.6 Å². The van der Waals surface area contributed by atoms with Crippen LogP contribution in [0.4, 0.5) is 4.79 Å². The van der Waals surface area contributed by atoms with E-state index in [1.165, 1.54) is 10.4 Å². The second-order valence-electron chi connectivity index (χ2n) is 10.5. The zero-order valence-electron chi connectivity index (χ0n) is 22.0. The molecule has 2 aromatic rings. The fraction of sp³-hybridized carbons (Fsp3) is 0.519. The van der Waals surface area contributed by atoms with E-state index in [-0.39, 0.29) is 30.0 Å². The van der Waals surface area contributed by atoms with Gasteiger partial charge in [0.05, 0.1) is 30.3 Å². The van der Waals surface area contributed by atoms with E-state index in [4.69, 9.17) is 9.47 Å². The molecule has 2 heterocycles. The van der Waals surface area contributed by atoms with E-state index in [0.29, 0.717) is 38.8 Å². The third-order valence-corrected chi connectivity index (χ3v) is 8.81. The number of amides is 1. The van der Waals surface area contributed by atoms with Crippen LogP contribution in [0.25, 0.3) is 0 Å². The minimum atomic E-state index is -3.95. The molecule has 0 aromatic heterocycles. The van der Waals surface area contributed by atoms with Crippen molar-refractivity contribution in [2.24, 2.45) is 5.92 Å². The van der Waals surface area contributed by atoms with Crippen LogP contribution in [0.3, 0.4) is 0 Å². The lowest BCUT2D eigenvalue weighted by atomic mass is 9.63. The Morgan fingerprint density at radius 3 is 2.66 bits per heavy atom. The predicted molar refractivity (Wildman–Crippen MR) is 145 cm³/mol. The maximum Gasteiger partial charge on any atom is 0.407 e. The molecule has 9 nitrogen and oxygen atoms in total. The first-order valence-electron chi connectivity index (χ1n) is 13.2. The van der Waals surface area contributed by atoms with E-state index < -0.39 is 35.2 Å². The van der Waals surface area contributed by atoms with Crippen LogP contribution in [-0.2, 0) is 32.3 Å². The molecule has 2 aliphatic rings. The Morgan fingerprint density at radius 2 is 1.97 bits per heavy atom. The van der Waals surface area contributed by atoms with E-state index >= 15 is 0 Å². The molecule has 2 aromatic carbocycles. The summed E-state index contributed by atoms with van der Waals surface area (Å²) in [5, 5.41) is 24.2. The number of sulfonamides is 1. The van der Waals surface area contributed by atoms with Crippen LogP contribution in [0.15, 0.2) is 53.4 Å². The van der Waals surface area contributed by atoms with Gasteiger partial charge in [0, 0.05) is 19.5 Å². The number of aryl methyl sites for hydroxylation is 1. The van der Waals surface area contributed by atoms with Crippen LogP contribution in [0, 0.1) is 5.92 Å². The van der Waals surface area contributed by atoms with Crippen molar-refractivity contribution in [1.82, 2.24) is 9.62 Å². The van der Waals surface area contributed by atoms with Gasteiger partial charge in [0.15, 0.2) is 0 Å². The molecule has 1 saturated heterocycles. The zero-order chi connectivity index (χ0) is 27.3. The number of carbonyl (C=O) groups excluding carboxylic acids is 1. The Labute approximate surface area is 225 Å². The number of aliphatic hydroxyl groups is 1. The van der Waals surface area contributed by atoms with Crippen molar-refractivity contribution < 1.29 is 32.8 Å². The molecule has 0 bridgehead atoms. The minimum Gasteiger partial charge on any atom is -0.446 e. The molecule has 3 N–H and O–H groups in total. The molecule has 2 aliphatic heterocycles. The summed E-state index contributed by atoms with van der Waals surface area (Å²) in [7, 11) is -3.95. The summed E-state index contributed by atoms with van der Waals surface area (Å²) in [6.45, 7) is 4.10. The Kier molecular flexibility index (Phi) is 9.48. The van der Waals surface area contributed by atoms with E-state index in [1.807, 2.05) is 44.2 Å². The molecule has 38 heavy (non-hydrogen) atoms. The average Bonchev–Trinajstić information content (AvgIpc) is 3.53. The lowest BCUT2D eigenvalue weighted by Crippen LogP contribution is -2.51. The normalized spacial score (nSPS) is 19.0. The van der Waals surface area contributed by atoms with Crippen molar-refractivity contribution >= 4 is 28.5 Å². The van der Waals surface area contributed by atoms with Gasteiger partial charge in [-0.05, 0) is 48.2 Å². The Morgan fingerprint density at radius 1 is 1.21 bits per heavy atom. The number of ether oxygens (including phenoxy) is 2. The average molecular weight is 544 g/mol. The number of rotatable bonds is 11. The Hall–Kier alpha value is -2.44. The Bertz CT molecular complexity index is 1190. The van der Waals surface area contributed by atoms with Gasteiger partial charge in [-0.15, -0.1) is 0 Å². The number of nitrogens with zero attached hydrogens (tertiary/aromatic N) is 1. The van der Waals surface area contributed by atoms with Gasteiger partial charge in [-0.2, -0.15) is 4.31 Å². The molecule has 0 aliphatic carbocycles. The quantitative estimate of drug-likeness (QED) is 0.367. The van der Waals surface area contributed by atoms with Crippen LogP contribution in [0.5, 0.6) is 0 Å². The fourth-order valence-electron chi connectivity index (χ4n) is 4.99. The van der Waals surface area contributed by atoms with Crippen molar-refractivity contribution in [1.29, 1.82) is 0 Å². The molecule has 206 valence electrons. The highest BCUT2D eigenvalue weighted by atomic mass is 32.2. The molecule has 0 radical (unpaired) electrons. The largest absolute Gasteiger partial charge is 0.446 e. The molecule has 11 heteroatoms. The van der Waals surface area contributed by atoms with Crippen LogP contribution in [-0.4, -0.2) is 80.4 Å². The third-order valence-electron chi connectivity index (χ3n) is 6.99. The summed E-state index contributed by atoms with van der Waals surface area (Å²) >= 11 is 0. The molecular formula is C27H37BN2O7S. The van der Waals surface area contributed by atoms with Gasteiger partial charge < -0.3 is 24.9 Å². The van der Waals surface area contributed by atoms with E-state index in [1.54, 1.807) is 12.1 Å². The van der Waals surface area contributed by atoms with Crippen molar-refractivity contribution in [3.05, 3.63) is 59.7 Å². The summed E-state index contributed by atoms with van der Waals surface area (Å²) in [6, 6.07) is 13.4. The molecule has 0 saturated carbocycles. The SMILES string of the molecule is CC(C)CN(C[C@@H](O)[C@H](Cc1ccccc1)NC(=O)O[C@H]1CCOC1)S(=O)(=O)c1ccc2c(c1)CCB2O. The lowest BCUT2D eigenvalue weighted by Gasteiger charge is -2.31. The molecule has 0 spiro atoms. The van der Waals surface area contributed by atoms with Crippen LogP contribution < -0.4 is 10.8 Å². The number of nitrogens with one attached hydrogen (secondary N) is 1. The van der Waals surface area contributed by atoms with Crippen molar-refractivity contribution in [3.8, 4) is 0 Å². The van der Waals surface area contributed by atoms with Crippen LogP contribution in [0.1, 0.15) is 31.4 Å². The van der Waals surface area contributed by atoms with E-state index in [2.05, 4.69) is 5.32 Å². The Balaban J connectivity index is 1.54. The molecule has 4 rings (SSSR count). The summed E-state index contributed by atoms with van der Waals surface area (Å²) in [6.07, 6.45) is -0.126. The first-order chi connectivity index (χ1) is 18.1. The van der Waals surface area contributed by atoms with Gasteiger partial charge in [0.1, 0.15) is 6.10 Å². The van der Waals surface area contributed by atoms with Gasteiger partial charge >= 0.3 is 13.0 Å². The second kappa shape index (κ2) is 12.6. The van der Waals surface area contributed by atoms with Crippen molar-refractivity contribution in [3.63, 3.8) is 0 Å². The summed E-state index contributed by atoms with van der Waals surface area (Å²) in [4.78, 5) is 12.8. The zero-order valence-corrected chi connectivity index (χ0v) is 22.8. The number of benzene rings is 2. The lowest BCUT2D eigenvalue weighted by molar-refractivity contribution is 0.0644. The number of hydrogen-bond acceptors (Lipinski definition) is 7. The predicted octanol–water partition coefficient (Wildman–Crippen LogP) is 1.57. The first kappa shape index (κ1) is 28.6. The maximum absolute atomic E-state index is 13.7. The van der Waals surface area contributed by atoms with Gasteiger partial charge in [0.2, 0.25) is 10.0 Å². The summed E-state index contributed by atoms with van der Waals surface area (Å²) in [5.74, 6) is 0.00101. The van der Waals surface area contributed by atoms with Crippen molar-refractivity contribution in [2.45, 2.75) is 62.6 Å². The highest BCUT2D eigenvalue weighted by molar-refractivity contribution is 7.89. The molecule has 1 amide bonds. The fourth-order valence-corrected chi connectivity index (χ4v) is 6.66. The second-order valence-corrected chi connectivity index (χ2v) is 12.5. The van der Waals surface area contributed by atoms with Gasteiger partial charge in [0.25, 0.3) is 0 Å². The number of hydrogen-bond donors (Lipinski definition) is 3. The molecule has 1 fully saturated rings.